The second-order valence-electron chi connectivity index (χ2n) is 5.19. The Morgan fingerprint density at radius 1 is 1.29 bits per heavy atom. The van der Waals surface area contributed by atoms with Gasteiger partial charge in [-0.2, -0.15) is 0 Å². The zero-order valence-corrected chi connectivity index (χ0v) is 11.4. The van der Waals surface area contributed by atoms with Gasteiger partial charge in [-0.05, 0) is 55.0 Å². The number of nitrogens with one attached hydrogen (secondary N) is 1. The van der Waals surface area contributed by atoms with E-state index in [4.69, 9.17) is 0 Å². The first-order chi connectivity index (χ1) is 8.00. The summed E-state index contributed by atoms with van der Waals surface area (Å²) in [6.07, 6.45) is 2.12. The lowest BCUT2D eigenvalue weighted by molar-refractivity contribution is 0.292. The summed E-state index contributed by atoms with van der Waals surface area (Å²) >= 11 is 0. The fourth-order valence-corrected chi connectivity index (χ4v) is 2.06. The van der Waals surface area contributed by atoms with E-state index in [2.05, 4.69) is 26.1 Å². The van der Waals surface area contributed by atoms with Gasteiger partial charge >= 0.3 is 0 Å². The van der Waals surface area contributed by atoms with Crippen LogP contribution in [0.3, 0.4) is 0 Å². The minimum atomic E-state index is -0.142. The van der Waals surface area contributed by atoms with Gasteiger partial charge in [0, 0.05) is 6.54 Å². The summed E-state index contributed by atoms with van der Waals surface area (Å²) in [4.78, 5) is 0. The van der Waals surface area contributed by atoms with Gasteiger partial charge in [-0.25, -0.2) is 4.39 Å². The van der Waals surface area contributed by atoms with Crippen LogP contribution in [-0.4, -0.2) is 13.1 Å². The van der Waals surface area contributed by atoms with Crippen LogP contribution in [-0.2, 0) is 6.42 Å². The van der Waals surface area contributed by atoms with Gasteiger partial charge in [0.2, 0.25) is 0 Å². The Hall–Kier alpha value is -0.890. The number of aryl methyl sites for hydroxylation is 1. The summed E-state index contributed by atoms with van der Waals surface area (Å²) in [6.45, 7) is 10.6. The zero-order chi connectivity index (χ0) is 12.9. The molecule has 0 radical (unpaired) electrons. The third kappa shape index (κ3) is 4.12. The summed E-state index contributed by atoms with van der Waals surface area (Å²) in [5.74, 6) is -0.142. The highest BCUT2D eigenvalue weighted by Gasteiger charge is 2.22. The van der Waals surface area contributed by atoms with Crippen LogP contribution >= 0.6 is 0 Å². The normalized spacial score (nSPS) is 14.6. The van der Waals surface area contributed by atoms with Crippen LogP contribution in [0, 0.1) is 18.2 Å². The molecule has 1 aromatic rings. The van der Waals surface area contributed by atoms with E-state index in [0.717, 1.165) is 31.5 Å². The van der Waals surface area contributed by atoms with Crippen LogP contribution in [0.15, 0.2) is 18.2 Å². The van der Waals surface area contributed by atoms with Crippen LogP contribution in [0.5, 0.6) is 0 Å². The molecule has 17 heavy (non-hydrogen) atoms. The molecule has 0 aromatic heterocycles. The van der Waals surface area contributed by atoms with Gasteiger partial charge in [-0.3, -0.25) is 0 Å². The molecule has 0 saturated carbocycles. The van der Waals surface area contributed by atoms with Gasteiger partial charge in [-0.1, -0.05) is 26.8 Å². The van der Waals surface area contributed by atoms with E-state index < -0.39 is 0 Å². The summed E-state index contributed by atoms with van der Waals surface area (Å²) in [5.41, 5.74) is 2.56. The van der Waals surface area contributed by atoms with E-state index in [0.29, 0.717) is 0 Å². The molecular formula is C15H24FN. The minimum absolute atomic E-state index is 0.142. The van der Waals surface area contributed by atoms with Crippen molar-refractivity contribution in [2.24, 2.45) is 5.41 Å². The molecule has 1 aromatic carbocycles. The molecule has 0 aliphatic heterocycles. The number of benzene rings is 1. The number of rotatable bonds is 6. The molecule has 1 N–H and O–H groups in total. The average Bonchev–Trinajstić information content (AvgIpc) is 2.30. The van der Waals surface area contributed by atoms with Gasteiger partial charge in [0.1, 0.15) is 5.82 Å². The van der Waals surface area contributed by atoms with Crippen molar-refractivity contribution in [3.8, 4) is 0 Å². The largest absolute Gasteiger partial charge is 0.316 e. The maximum atomic E-state index is 13.1. The van der Waals surface area contributed by atoms with E-state index in [1.54, 1.807) is 12.1 Å². The van der Waals surface area contributed by atoms with Gasteiger partial charge < -0.3 is 5.32 Å². The Bertz CT molecular complexity index is 362. The summed E-state index contributed by atoms with van der Waals surface area (Å²) in [5, 5.41) is 3.42. The zero-order valence-electron chi connectivity index (χ0n) is 11.4. The van der Waals surface area contributed by atoms with Crippen molar-refractivity contribution < 1.29 is 4.39 Å². The summed E-state index contributed by atoms with van der Waals surface area (Å²) < 4.78 is 13.1. The molecule has 0 spiro atoms. The summed E-state index contributed by atoms with van der Waals surface area (Å²) in [6, 6.07) is 5.11. The summed E-state index contributed by atoms with van der Waals surface area (Å²) in [7, 11) is 0. The second kappa shape index (κ2) is 6.15. The topological polar surface area (TPSA) is 12.0 Å². The van der Waals surface area contributed by atoms with Crippen LogP contribution in [0.25, 0.3) is 0 Å². The van der Waals surface area contributed by atoms with Crippen molar-refractivity contribution in [2.75, 3.05) is 13.1 Å². The second-order valence-corrected chi connectivity index (χ2v) is 5.19. The molecule has 96 valence electrons. The Kier molecular flexibility index (Phi) is 5.13. The molecule has 1 rings (SSSR count). The van der Waals surface area contributed by atoms with Gasteiger partial charge in [0.15, 0.2) is 0 Å². The SMILES string of the molecule is CCNCC(C)(CC)Cc1ccc(F)cc1C. The standard InChI is InChI=1S/C15H24FN/c1-5-15(4,11-17-6-2)10-13-7-8-14(16)9-12(13)3/h7-9,17H,5-6,10-11H2,1-4H3. The molecule has 0 saturated heterocycles. The van der Waals surface area contributed by atoms with Crippen LogP contribution in [0.2, 0.25) is 0 Å². The number of halogens is 1. The number of hydrogen-bond donors (Lipinski definition) is 1. The average molecular weight is 237 g/mol. The number of hydrogen-bond acceptors (Lipinski definition) is 1. The Labute approximate surface area is 104 Å². The third-order valence-corrected chi connectivity index (χ3v) is 3.58. The van der Waals surface area contributed by atoms with E-state index in [-0.39, 0.29) is 11.2 Å². The fourth-order valence-electron chi connectivity index (χ4n) is 2.06. The molecule has 0 amide bonds. The monoisotopic (exact) mass is 237 g/mol. The van der Waals surface area contributed by atoms with Crippen LogP contribution < -0.4 is 5.32 Å². The van der Waals surface area contributed by atoms with Crippen molar-refractivity contribution in [1.82, 2.24) is 5.32 Å². The van der Waals surface area contributed by atoms with Crippen LogP contribution in [0.1, 0.15) is 38.3 Å². The molecule has 0 aliphatic carbocycles. The van der Waals surface area contributed by atoms with Crippen molar-refractivity contribution >= 4 is 0 Å². The van der Waals surface area contributed by atoms with E-state index in [9.17, 15) is 4.39 Å². The maximum absolute atomic E-state index is 13.1. The van der Waals surface area contributed by atoms with Crippen molar-refractivity contribution in [1.29, 1.82) is 0 Å². The van der Waals surface area contributed by atoms with Crippen molar-refractivity contribution in [2.45, 2.75) is 40.5 Å². The molecule has 1 atom stereocenters. The molecule has 2 heteroatoms. The first-order valence-electron chi connectivity index (χ1n) is 6.46. The highest BCUT2D eigenvalue weighted by molar-refractivity contribution is 5.27. The minimum Gasteiger partial charge on any atom is -0.316 e. The molecule has 0 bridgehead atoms. The Balaban J connectivity index is 2.79. The first kappa shape index (κ1) is 14.2. The predicted molar refractivity (Wildman–Crippen MR) is 71.8 cm³/mol. The van der Waals surface area contributed by atoms with E-state index in [1.165, 1.54) is 5.56 Å². The molecule has 0 fully saturated rings. The first-order valence-corrected chi connectivity index (χ1v) is 6.46. The van der Waals surface area contributed by atoms with Crippen molar-refractivity contribution in [3.63, 3.8) is 0 Å². The quantitative estimate of drug-likeness (QED) is 0.795. The van der Waals surface area contributed by atoms with E-state index in [1.807, 2.05) is 13.0 Å². The highest BCUT2D eigenvalue weighted by Crippen LogP contribution is 2.27. The Morgan fingerprint density at radius 2 is 2.00 bits per heavy atom. The molecule has 0 aliphatic rings. The van der Waals surface area contributed by atoms with E-state index >= 15 is 0 Å². The smallest absolute Gasteiger partial charge is 0.123 e. The van der Waals surface area contributed by atoms with Gasteiger partial charge in [0.05, 0.1) is 0 Å². The van der Waals surface area contributed by atoms with Gasteiger partial charge in [-0.15, -0.1) is 0 Å². The lowest BCUT2D eigenvalue weighted by Crippen LogP contribution is -2.33. The maximum Gasteiger partial charge on any atom is 0.123 e. The van der Waals surface area contributed by atoms with Crippen molar-refractivity contribution in [3.05, 3.63) is 35.1 Å². The lowest BCUT2D eigenvalue weighted by atomic mass is 9.80. The third-order valence-electron chi connectivity index (χ3n) is 3.58. The molecule has 1 nitrogen and oxygen atoms in total. The van der Waals surface area contributed by atoms with Crippen LogP contribution in [0.4, 0.5) is 4.39 Å². The highest BCUT2D eigenvalue weighted by atomic mass is 19.1. The van der Waals surface area contributed by atoms with Gasteiger partial charge in [0.25, 0.3) is 0 Å². The Morgan fingerprint density at radius 3 is 2.53 bits per heavy atom. The lowest BCUT2D eigenvalue weighted by Gasteiger charge is -2.29. The predicted octanol–water partition coefficient (Wildman–Crippen LogP) is 3.70. The molecule has 1 unspecified atom stereocenters. The molecular weight excluding hydrogens is 213 g/mol. The molecule has 0 heterocycles. The fraction of sp³-hybridized carbons (Fsp3) is 0.600.